The summed E-state index contributed by atoms with van der Waals surface area (Å²) in [7, 11) is 0. The van der Waals surface area contributed by atoms with E-state index in [0.29, 0.717) is 12.5 Å². The summed E-state index contributed by atoms with van der Waals surface area (Å²) >= 11 is 0. The van der Waals surface area contributed by atoms with E-state index < -0.39 is 0 Å². The second kappa shape index (κ2) is 5.45. The van der Waals surface area contributed by atoms with Crippen molar-refractivity contribution in [2.45, 2.75) is 51.4 Å². The Bertz CT molecular complexity index is 433. The summed E-state index contributed by atoms with van der Waals surface area (Å²) in [5, 5.41) is 0. The van der Waals surface area contributed by atoms with Crippen molar-refractivity contribution in [3.05, 3.63) is 27.4 Å². The van der Waals surface area contributed by atoms with Crippen LogP contribution in [0.4, 0.5) is 0 Å². The Hall–Kier alpha value is -1.16. The molecule has 0 bridgehead atoms. The monoisotopic (exact) mass is 235 g/mol. The zero-order valence-electron chi connectivity index (χ0n) is 10.5. The lowest BCUT2D eigenvalue weighted by molar-refractivity contribution is 0.653. The van der Waals surface area contributed by atoms with Crippen molar-refractivity contribution < 1.29 is 0 Å². The molecule has 1 heterocycles. The molecule has 0 aromatic carbocycles. The Labute approximate surface area is 102 Å². The van der Waals surface area contributed by atoms with Gasteiger partial charge in [-0.25, -0.2) is 4.98 Å². The molecule has 0 radical (unpaired) electrons. The van der Waals surface area contributed by atoms with Crippen LogP contribution in [0.5, 0.6) is 0 Å². The molecule has 4 nitrogen and oxygen atoms in total. The third-order valence-electron chi connectivity index (χ3n) is 3.61. The number of aromatic nitrogens is 2. The minimum absolute atomic E-state index is 0.0350. The molecular formula is C13H21N3O. The third-order valence-corrected chi connectivity index (χ3v) is 3.61. The van der Waals surface area contributed by atoms with Crippen molar-refractivity contribution in [1.82, 2.24) is 9.97 Å². The van der Waals surface area contributed by atoms with Crippen LogP contribution in [0.1, 0.15) is 55.1 Å². The molecule has 0 spiro atoms. The molecular weight excluding hydrogens is 214 g/mol. The van der Waals surface area contributed by atoms with Gasteiger partial charge in [0.1, 0.15) is 5.82 Å². The van der Waals surface area contributed by atoms with E-state index in [2.05, 4.69) is 9.97 Å². The van der Waals surface area contributed by atoms with Gasteiger partial charge in [-0.2, -0.15) is 0 Å². The summed E-state index contributed by atoms with van der Waals surface area (Å²) in [6.45, 7) is 2.54. The van der Waals surface area contributed by atoms with Crippen molar-refractivity contribution in [2.24, 2.45) is 5.73 Å². The van der Waals surface area contributed by atoms with Crippen LogP contribution in [0.3, 0.4) is 0 Å². The van der Waals surface area contributed by atoms with Gasteiger partial charge < -0.3 is 10.7 Å². The summed E-state index contributed by atoms with van der Waals surface area (Å²) in [5.41, 5.74) is 7.19. The predicted octanol–water partition coefficient (Wildman–Crippen LogP) is 1.63. The van der Waals surface area contributed by atoms with E-state index in [9.17, 15) is 4.79 Å². The normalized spacial score (nSPS) is 16.6. The third kappa shape index (κ3) is 2.75. The van der Waals surface area contributed by atoms with Crippen molar-refractivity contribution in [3.63, 3.8) is 0 Å². The molecule has 2 rings (SSSR count). The summed E-state index contributed by atoms with van der Waals surface area (Å²) < 4.78 is 0. The molecule has 1 aliphatic carbocycles. The van der Waals surface area contributed by atoms with Gasteiger partial charge in [0, 0.05) is 17.2 Å². The standard InChI is InChI=1S/C13H21N3O/c1-9-11(7-4-8-14)13(17)16-12(15-9)10-5-2-3-6-10/h10H,2-8,14H2,1H3,(H,15,16,17). The van der Waals surface area contributed by atoms with Crippen LogP contribution >= 0.6 is 0 Å². The molecule has 0 aliphatic heterocycles. The number of aryl methyl sites for hydroxylation is 1. The molecule has 3 N–H and O–H groups in total. The zero-order chi connectivity index (χ0) is 12.3. The van der Waals surface area contributed by atoms with Crippen molar-refractivity contribution in [1.29, 1.82) is 0 Å². The summed E-state index contributed by atoms with van der Waals surface area (Å²) in [5.74, 6) is 1.35. The van der Waals surface area contributed by atoms with Gasteiger partial charge in [0.2, 0.25) is 0 Å². The Kier molecular flexibility index (Phi) is 3.94. The average molecular weight is 235 g/mol. The van der Waals surface area contributed by atoms with E-state index >= 15 is 0 Å². The first kappa shape index (κ1) is 12.3. The second-order valence-electron chi connectivity index (χ2n) is 4.89. The minimum Gasteiger partial charge on any atom is -0.330 e. The van der Waals surface area contributed by atoms with Gasteiger partial charge in [0.25, 0.3) is 5.56 Å². The van der Waals surface area contributed by atoms with Crippen molar-refractivity contribution in [3.8, 4) is 0 Å². The van der Waals surface area contributed by atoms with E-state index in [4.69, 9.17) is 5.73 Å². The maximum Gasteiger partial charge on any atom is 0.254 e. The SMILES string of the molecule is Cc1nc(C2CCCC2)[nH]c(=O)c1CCCN. The van der Waals surface area contributed by atoms with Crippen LogP contribution in [-0.4, -0.2) is 16.5 Å². The molecule has 4 heteroatoms. The lowest BCUT2D eigenvalue weighted by Crippen LogP contribution is -2.21. The quantitative estimate of drug-likeness (QED) is 0.833. The lowest BCUT2D eigenvalue weighted by atomic mass is 10.1. The number of aromatic amines is 1. The highest BCUT2D eigenvalue weighted by molar-refractivity contribution is 5.18. The average Bonchev–Trinajstić information content (AvgIpc) is 2.81. The van der Waals surface area contributed by atoms with Gasteiger partial charge in [-0.15, -0.1) is 0 Å². The van der Waals surface area contributed by atoms with Crippen molar-refractivity contribution >= 4 is 0 Å². The van der Waals surface area contributed by atoms with E-state index in [0.717, 1.165) is 42.8 Å². The van der Waals surface area contributed by atoms with Gasteiger partial charge in [-0.3, -0.25) is 4.79 Å². The predicted molar refractivity (Wildman–Crippen MR) is 68.2 cm³/mol. The second-order valence-corrected chi connectivity index (χ2v) is 4.89. The molecule has 1 saturated carbocycles. The van der Waals surface area contributed by atoms with E-state index in [1.165, 1.54) is 12.8 Å². The van der Waals surface area contributed by atoms with Crippen molar-refractivity contribution in [2.75, 3.05) is 6.54 Å². The summed E-state index contributed by atoms with van der Waals surface area (Å²) in [6.07, 6.45) is 6.39. The van der Waals surface area contributed by atoms with Crippen LogP contribution in [0.2, 0.25) is 0 Å². The molecule has 94 valence electrons. The largest absolute Gasteiger partial charge is 0.330 e. The summed E-state index contributed by atoms with van der Waals surface area (Å²) in [4.78, 5) is 19.5. The van der Waals surface area contributed by atoms with Crippen LogP contribution in [-0.2, 0) is 6.42 Å². The van der Waals surface area contributed by atoms with E-state index in [1.54, 1.807) is 0 Å². The first-order valence-corrected chi connectivity index (χ1v) is 6.52. The number of nitrogens with one attached hydrogen (secondary N) is 1. The molecule has 1 aromatic heterocycles. The summed E-state index contributed by atoms with van der Waals surface area (Å²) in [6, 6.07) is 0. The number of hydrogen-bond donors (Lipinski definition) is 2. The highest BCUT2D eigenvalue weighted by atomic mass is 16.1. The zero-order valence-corrected chi connectivity index (χ0v) is 10.5. The van der Waals surface area contributed by atoms with Gasteiger partial charge in [0.15, 0.2) is 0 Å². The fourth-order valence-corrected chi connectivity index (χ4v) is 2.60. The Morgan fingerprint density at radius 1 is 1.41 bits per heavy atom. The van der Waals surface area contributed by atoms with Crippen LogP contribution in [0.25, 0.3) is 0 Å². The molecule has 17 heavy (non-hydrogen) atoms. The van der Waals surface area contributed by atoms with E-state index in [-0.39, 0.29) is 5.56 Å². The molecule has 0 atom stereocenters. The molecule has 1 fully saturated rings. The number of nitrogens with zero attached hydrogens (tertiary/aromatic N) is 1. The molecule has 0 unspecified atom stereocenters. The highest BCUT2D eigenvalue weighted by Gasteiger charge is 2.20. The molecule has 0 amide bonds. The first-order valence-electron chi connectivity index (χ1n) is 6.52. The molecule has 1 aliphatic rings. The van der Waals surface area contributed by atoms with Crippen LogP contribution < -0.4 is 11.3 Å². The first-order chi connectivity index (χ1) is 8.22. The fraction of sp³-hybridized carbons (Fsp3) is 0.692. The Morgan fingerprint density at radius 2 is 2.12 bits per heavy atom. The Balaban J connectivity index is 2.24. The number of hydrogen-bond acceptors (Lipinski definition) is 3. The maximum absolute atomic E-state index is 12.0. The Morgan fingerprint density at radius 3 is 2.71 bits per heavy atom. The topological polar surface area (TPSA) is 71.8 Å². The molecule has 0 saturated heterocycles. The fourth-order valence-electron chi connectivity index (χ4n) is 2.60. The molecule has 1 aromatic rings. The number of H-pyrrole nitrogens is 1. The van der Waals surface area contributed by atoms with E-state index in [1.807, 2.05) is 6.92 Å². The number of nitrogens with two attached hydrogens (primary N) is 1. The smallest absolute Gasteiger partial charge is 0.254 e. The van der Waals surface area contributed by atoms with Gasteiger partial charge in [-0.1, -0.05) is 12.8 Å². The van der Waals surface area contributed by atoms with Crippen LogP contribution in [0, 0.1) is 6.92 Å². The van der Waals surface area contributed by atoms with Gasteiger partial charge >= 0.3 is 0 Å². The maximum atomic E-state index is 12.0. The minimum atomic E-state index is 0.0350. The highest BCUT2D eigenvalue weighted by Crippen LogP contribution is 2.31. The van der Waals surface area contributed by atoms with Gasteiger partial charge in [-0.05, 0) is 39.2 Å². The lowest BCUT2D eigenvalue weighted by Gasteiger charge is -2.11. The number of rotatable bonds is 4. The van der Waals surface area contributed by atoms with Gasteiger partial charge in [0.05, 0.1) is 0 Å². The van der Waals surface area contributed by atoms with Crippen LogP contribution in [0.15, 0.2) is 4.79 Å².